The summed E-state index contributed by atoms with van der Waals surface area (Å²) in [6.45, 7) is 0.918. The van der Waals surface area contributed by atoms with E-state index in [1.54, 1.807) is 0 Å². The normalized spacial score (nSPS) is 13.2. The highest BCUT2D eigenvalue weighted by Crippen LogP contribution is 2.17. The van der Waals surface area contributed by atoms with Crippen molar-refractivity contribution in [2.75, 3.05) is 20.6 Å². The van der Waals surface area contributed by atoms with Crippen molar-refractivity contribution >= 4 is 15.9 Å². The number of nitrogens with zero attached hydrogens (tertiary/aromatic N) is 1. The molecule has 0 aliphatic carbocycles. The zero-order valence-electron chi connectivity index (χ0n) is 8.70. The number of rotatable bonds is 4. The highest BCUT2D eigenvalue weighted by molar-refractivity contribution is 9.10. The van der Waals surface area contributed by atoms with Crippen LogP contribution in [0.1, 0.15) is 5.56 Å². The number of nitrogens with two attached hydrogens (primary N) is 1. The van der Waals surface area contributed by atoms with Crippen molar-refractivity contribution in [3.8, 4) is 0 Å². The topological polar surface area (TPSA) is 29.3 Å². The van der Waals surface area contributed by atoms with Gasteiger partial charge in [-0.1, -0.05) is 34.1 Å². The molecule has 1 aromatic rings. The summed E-state index contributed by atoms with van der Waals surface area (Å²) < 4.78 is 1.15. The van der Waals surface area contributed by atoms with Crippen LogP contribution in [0.2, 0.25) is 0 Å². The van der Waals surface area contributed by atoms with E-state index in [1.165, 1.54) is 5.56 Å². The van der Waals surface area contributed by atoms with Gasteiger partial charge in [-0.2, -0.15) is 0 Å². The van der Waals surface area contributed by atoms with Gasteiger partial charge < -0.3 is 10.6 Å². The maximum Gasteiger partial charge on any atom is 0.0208 e. The van der Waals surface area contributed by atoms with Gasteiger partial charge in [-0.25, -0.2) is 0 Å². The average molecular weight is 257 g/mol. The van der Waals surface area contributed by atoms with Gasteiger partial charge in [0.2, 0.25) is 0 Å². The number of hydrogen-bond donors (Lipinski definition) is 1. The van der Waals surface area contributed by atoms with Crippen LogP contribution < -0.4 is 5.73 Å². The molecule has 1 aromatic carbocycles. The van der Waals surface area contributed by atoms with Crippen LogP contribution in [0.25, 0.3) is 0 Å². The fourth-order valence-corrected chi connectivity index (χ4v) is 1.93. The molecule has 0 saturated carbocycles. The fourth-order valence-electron chi connectivity index (χ4n) is 1.48. The van der Waals surface area contributed by atoms with Gasteiger partial charge in [0, 0.05) is 17.1 Å². The average Bonchev–Trinajstić information content (AvgIpc) is 2.07. The van der Waals surface area contributed by atoms with Crippen LogP contribution in [-0.2, 0) is 6.42 Å². The van der Waals surface area contributed by atoms with E-state index in [4.69, 9.17) is 5.73 Å². The van der Waals surface area contributed by atoms with Crippen LogP contribution in [0.5, 0.6) is 0 Å². The molecule has 0 amide bonds. The van der Waals surface area contributed by atoms with Crippen molar-refractivity contribution in [3.05, 3.63) is 34.3 Å². The summed E-state index contributed by atoms with van der Waals surface area (Å²) in [5.74, 6) is 0. The lowest BCUT2D eigenvalue weighted by atomic mass is 10.1. The first-order valence-electron chi connectivity index (χ1n) is 4.73. The maximum absolute atomic E-state index is 6.01. The van der Waals surface area contributed by atoms with E-state index in [2.05, 4.69) is 33.0 Å². The Hall–Kier alpha value is -0.380. The van der Waals surface area contributed by atoms with E-state index >= 15 is 0 Å². The molecule has 0 aromatic heterocycles. The number of hydrogen-bond acceptors (Lipinski definition) is 2. The second kappa shape index (κ2) is 5.49. The highest BCUT2D eigenvalue weighted by atomic mass is 79.9. The molecule has 1 atom stereocenters. The lowest BCUT2D eigenvalue weighted by Gasteiger charge is -2.17. The Morgan fingerprint density at radius 1 is 1.36 bits per heavy atom. The summed E-state index contributed by atoms with van der Waals surface area (Å²) in [5, 5.41) is 0. The molecule has 3 heteroatoms. The third-order valence-corrected chi connectivity index (χ3v) is 2.81. The Labute approximate surface area is 94.2 Å². The third kappa shape index (κ3) is 3.78. The molecule has 0 bridgehead atoms. The van der Waals surface area contributed by atoms with Crippen molar-refractivity contribution in [1.29, 1.82) is 0 Å². The molecule has 0 aliphatic heterocycles. The van der Waals surface area contributed by atoms with E-state index in [0.717, 1.165) is 17.4 Å². The lowest BCUT2D eigenvalue weighted by Crippen LogP contribution is -2.34. The van der Waals surface area contributed by atoms with E-state index in [0.29, 0.717) is 0 Å². The molecule has 0 aliphatic rings. The van der Waals surface area contributed by atoms with Gasteiger partial charge in [0.25, 0.3) is 0 Å². The molecule has 0 spiro atoms. The first kappa shape index (κ1) is 11.7. The summed E-state index contributed by atoms with van der Waals surface area (Å²) in [4.78, 5) is 2.11. The zero-order chi connectivity index (χ0) is 10.6. The van der Waals surface area contributed by atoms with Crippen molar-refractivity contribution in [2.45, 2.75) is 12.5 Å². The first-order chi connectivity index (χ1) is 6.59. The van der Waals surface area contributed by atoms with Gasteiger partial charge >= 0.3 is 0 Å². The fraction of sp³-hybridized carbons (Fsp3) is 0.455. The van der Waals surface area contributed by atoms with E-state index < -0.39 is 0 Å². The molecule has 0 saturated heterocycles. The number of likely N-dealkylation sites (N-methyl/N-ethyl adjacent to an activating group) is 1. The molecule has 0 fully saturated rings. The van der Waals surface area contributed by atoms with Crippen LogP contribution in [0.3, 0.4) is 0 Å². The monoisotopic (exact) mass is 256 g/mol. The Morgan fingerprint density at radius 3 is 2.57 bits per heavy atom. The molecule has 0 radical (unpaired) electrons. The predicted molar refractivity (Wildman–Crippen MR) is 64.4 cm³/mol. The van der Waals surface area contributed by atoms with Gasteiger partial charge in [0.05, 0.1) is 0 Å². The van der Waals surface area contributed by atoms with Crippen molar-refractivity contribution in [2.24, 2.45) is 5.73 Å². The van der Waals surface area contributed by atoms with Crippen LogP contribution in [0.15, 0.2) is 28.7 Å². The Bertz CT molecular complexity index is 286. The summed E-state index contributed by atoms with van der Waals surface area (Å²) in [6.07, 6.45) is 0.916. The summed E-state index contributed by atoms with van der Waals surface area (Å²) in [5.41, 5.74) is 7.29. The SMILES string of the molecule is CN(C)CC(N)Cc1ccccc1Br. The molecule has 14 heavy (non-hydrogen) atoms. The van der Waals surface area contributed by atoms with Gasteiger partial charge in [0.15, 0.2) is 0 Å². The minimum atomic E-state index is 0.198. The molecule has 2 N–H and O–H groups in total. The summed E-state index contributed by atoms with van der Waals surface area (Å²) in [6, 6.07) is 8.42. The summed E-state index contributed by atoms with van der Waals surface area (Å²) >= 11 is 3.52. The minimum absolute atomic E-state index is 0.198. The third-order valence-electron chi connectivity index (χ3n) is 2.04. The first-order valence-corrected chi connectivity index (χ1v) is 5.52. The summed E-state index contributed by atoms with van der Waals surface area (Å²) in [7, 11) is 4.08. The Kier molecular flexibility index (Phi) is 4.58. The van der Waals surface area contributed by atoms with Crippen LogP contribution in [0.4, 0.5) is 0 Å². The van der Waals surface area contributed by atoms with Crippen LogP contribution >= 0.6 is 15.9 Å². The maximum atomic E-state index is 6.01. The molecular weight excluding hydrogens is 240 g/mol. The molecule has 2 nitrogen and oxygen atoms in total. The van der Waals surface area contributed by atoms with Gasteiger partial charge in [-0.05, 0) is 32.1 Å². The quantitative estimate of drug-likeness (QED) is 0.892. The molecule has 1 rings (SSSR count). The molecule has 78 valence electrons. The molecule has 0 heterocycles. The Balaban J connectivity index is 2.56. The minimum Gasteiger partial charge on any atom is -0.326 e. The standard InChI is InChI=1S/C11H17BrN2/c1-14(2)8-10(13)7-9-5-3-4-6-11(9)12/h3-6,10H,7-8,13H2,1-2H3. The highest BCUT2D eigenvalue weighted by Gasteiger charge is 2.07. The van der Waals surface area contributed by atoms with E-state index in [9.17, 15) is 0 Å². The number of halogens is 1. The van der Waals surface area contributed by atoms with Crippen molar-refractivity contribution in [3.63, 3.8) is 0 Å². The predicted octanol–water partition coefficient (Wildman–Crippen LogP) is 1.88. The number of benzene rings is 1. The van der Waals surface area contributed by atoms with Crippen molar-refractivity contribution in [1.82, 2.24) is 4.90 Å². The van der Waals surface area contributed by atoms with Crippen molar-refractivity contribution < 1.29 is 0 Å². The molecular formula is C11H17BrN2. The van der Waals surface area contributed by atoms with Crippen LogP contribution in [-0.4, -0.2) is 31.6 Å². The van der Waals surface area contributed by atoms with Gasteiger partial charge in [-0.3, -0.25) is 0 Å². The Morgan fingerprint density at radius 2 is 2.00 bits per heavy atom. The van der Waals surface area contributed by atoms with Gasteiger partial charge in [-0.15, -0.1) is 0 Å². The molecule has 1 unspecified atom stereocenters. The van der Waals surface area contributed by atoms with Crippen LogP contribution in [0, 0.1) is 0 Å². The lowest BCUT2D eigenvalue weighted by molar-refractivity contribution is 0.371. The van der Waals surface area contributed by atoms with Gasteiger partial charge in [0.1, 0.15) is 0 Å². The van der Waals surface area contributed by atoms with E-state index in [-0.39, 0.29) is 6.04 Å². The smallest absolute Gasteiger partial charge is 0.0208 e. The largest absolute Gasteiger partial charge is 0.326 e. The second-order valence-corrected chi connectivity index (χ2v) is 4.67. The van der Waals surface area contributed by atoms with E-state index in [1.807, 2.05) is 26.2 Å². The zero-order valence-corrected chi connectivity index (χ0v) is 10.3. The second-order valence-electron chi connectivity index (χ2n) is 3.82.